The lowest BCUT2D eigenvalue weighted by molar-refractivity contribution is 1.25. The van der Waals surface area contributed by atoms with E-state index >= 15 is 0 Å². The Balaban J connectivity index is 2.94. The summed E-state index contributed by atoms with van der Waals surface area (Å²) in [4.78, 5) is 0. The molecule has 0 spiro atoms. The molecule has 0 aliphatic carbocycles. The monoisotopic (exact) mass is 83.1 g/mol. The van der Waals surface area contributed by atoms with E-state index in [1.807, 2.05) is 12.2 Å². The maximum Gasteiger partial charge on any atom is 0.0109 e. The molecule has 0 saturated carbocycles. The highest BCUT2D eigenvalue weighted by atomic mass is 14.5. The van der Waals surface area contributed by atoms with Crippen LogP contribution in [-0.2, 0) is 0 Å². The van der Waals surface area contributed by atoms with E-state index in [1.165, 1.54) is 0 Å². The van der Waals surface area contributed by atoms with Crippen LogP contribution < -0.4 is 5.73 Å². The van der Waals surface area contributed by atoms with Crippen molar-refractivity contribution in [1.82, 2.24) is 0 Å². The molecule has 0 rings (SSSR count). The van der Waals surface area contributed by atoms with Gasteiger partial charge in [0.1, 0.15) is 0 Å². The topological polar surface area (TPSA) is 26.0 Å². The Bertz CT molecular complexity index is 55.0. The maximum atomic E-state index is 5.08. The Morgan fingerprint density at radius 1 is 1.67 bits per heavy atom. The van der Waals surface area contributed by atoms with Crippen LogP contribution in [0.15, 0.2) is 24.8 Å². The van der Waals surface area contributed by atoms with Crippen molar-refractivity contribution in [2.75, 3.05) is 6.54 Å². The summed E-state index contributed by atoms with van der Waals surface area (Å²) in [5.41, 5.74) is 5.08. The van der Waals surface area contributed by atoms with Crippen LogP contribution in [0.3, 0.4) is 0 Å². The number of allylic oxidation sites excluding steroid dienone is 2. The molecule has 1 nitrogen and oxygen atoms in total. The van der Waals surface area contributed by atoms with Gasteiger partial charge >= 0.3 is 0 Å². The largest absolute Gasteiger partial charge is 0.327 e. The predicted molar refractivity (Wildman–Crippen MR) is 28.4 cm³/mol. The quantitative estimate of drug-likeness (QED) is 0.488. The molecule has 0 aliphatic rings. The van der Waals surface area contributed by atoms with E-state index < -0.39 is 0 Å². The average molecular weight is 83.1 g/mol. The minimum atomic E-state index is 0.603. The van der Waals surface area contributed by atoms with Crippen molar-refractivity contribution in [2.45, 2.75) is 0 Å². The van der Waals surface area contributed by atoms with Gasteiger partial charge in [-0.05, 0) is 0 Å². The molecule has 0 unspecified atom stereocenters. The third-order valence-corrected chi connectivity index (χ3v) is 0.408. The summed E-state index contributed by atoms with van der Waals surface area (Å²) in [5, 5.41) is 0. The maximum absolute atomic E-state index is 5.08. The van der Waals surface area contributed by atoms with Crippen molar-refractivity contribution in [1.29, 1.82) is 0 Å². The zero-order valence-electron chi connectivity index (χ0n) is 3.72. The van der Waals surface area contributed by atoms with Crippen LogP contribution in [0.25, 0.3) is 0 Å². The second-order valence-electron chi connectivity index (χ2n) is 0.900. The molecule has 6 heavy (non-hydrogen) atoms. The van der Waals surface area contributed by atoms with Crippen LogP contribution in [0.4, 0.5) is 0 Å². The van der Waals surface area contributed by atoms with E-state index in [0.717, 1.165) is 0 Å². The van der Waals surface area contributed by atoms with E-state index in [4.69, 9.17) is 5.73 Å². The molecule has 0 bridgehead atoms. The first-order chi connectivity index (χ1) is 2.91. The molecular formula is C5H9N. The van der Waals surface area contributed by atoms with Gasteiger partial charge in [-0.3, -0.25) is 0 Å². The van der Waals surface area contributed by atoms with Crippen LogP contribution in [-0.4, -0.2) is 6.54 Å². The van der Waals surface area contributed by atoms with Gasteiger partial charge in [-0.15, -0.1) is 0 Å². The molecule has 0 fully saturated rings. The molecule has 0 saturated heterocycles. The molecular weight excluding hydrogens is 74.1 g/mol. The van der Waals surface area contributed by atoms with Gasteiger partial charge in [-0.2, -0.15) is 0 Å². The summed E-state index contributed by atoms with van der Waals surface area (Å²) < 4.78 is 0. The fourth-order valence-corrected chi connectivity index (χ4v) is 0.175. The summed E-state index contributed by atoms with van der Waals surface area (Å²) in [6, 6.07) is 0. The fourth-order valence-electron chi connectivity index (χ4n) is 0.175. The second-order valence-corrected chi connectivity index (χ2v) is 0.900. The highest BCUT2D eigenvalue weighted by Crippen LogP contribution is 1.65. The Hall–Kier alpha value is -0.560. The van der Waals surface area contributed by atoms with Gasteiger partial charge in [0, 0.05) is 6.54 Å². The average Bonchev–Trinajstić information content (AvgIpc) is 1.61. The van der Waals surface area contributed by atoms with Gasteiger partial charge in [0.05, 0.1) is 0 Å². The predicted octanol–water partition coefficient (Wildman–Crippen LogP) is 0.687. The molecule has 0 amide bonds. The van der Waals surface area contributed by atoms with Crippen molar-refractivity contribution in [3.63, 3.8) is 0 Å². The van der Waals surface area contributed by atoms with Crippen LogP contribution in [0, 0.1) is 0 Å². The molecule has 0 aliphatic heterocycles. The van der Waals surface area contributed by atoms with Crippen molar-refractivity contribution >= 4 is 0 Å². The molecule has 0 aromatic carbocycles. The molecule has 34 valence electrons. The number of hydrogen-bond acceptors (Lipinski definition) is 1. The standard InChI is InChI=1S/C5H9N/c1-2-3-4-5-6/h2-4H,1,5-6H2. The summed E-state index contributed by atoms with van der Waals surface area (Å²) >= 11 is 0. The Morgan fingerprint density at radius 3 is 2.50 bits per heavy atom. The third-order valence-electron chi connectivity index (χ3n) is 0.408. The normalized spacial score (nSPS) is 9.50. The number of hydrogen-bond donors (Lipinski definition) is 1. The summed E-state index contributed by atoms with van der Waals surface area (Å²) in [5.74, 6) is 0. The molecule has 0 aromatic heterocycles. The van der Waals surface area contributed by atoms with Crippen LogP contribution in [0.1, 0.15) is 0 Å². The molecule has 0 atom stereocenters. The van der Waals surface area contributed by atoms with E-state index in [0.29, 0.717) is 6.54 Å². The second kappa shape index (κ2) is 4.44. The SMILES string of the molecule is C=CC=CCN. The lowest BCUT2D eigenvalue weighted by Gasteiger charge is -1.69. The Kier molecular flexibility index (Phi) is 4.03. The van der Waals surface area contributed by atoms with E-state index in [2.05, 4.69) is 6.58 Å². The van der Waals surface area contributed by atoms with Crippen molar-refractivity contribution in [2.24, 2.45) is 5.73 Å². The lowest BCUT2D eigenvalue weighted by atomic mass is 10.5. The van der Waals surface area contributed by atoms with Gasteiger partial charge in [-0.25, -0.2) is 0 Å². The molecule has 0 radical (unpaired) electrons. The number of nitrogens with two attached hydrogens (primary N) is 1. The highest BCUT2D eigenvalue weighted by molar-refractivity contribution is 4.97. The van der Waals surface area contributed by atoms with Gasteiger partial charge in [0.25, 0.3) is 0 Å². The van der Waals surface area contributed by atoms with Gasteiger partial charge < -0.3 is 5.73 Å². The zero-order valence-corrected chi connectivity index (χ0v) is 3.72. The van der Waals surface area contributed by atoms with Gasteiger partial charge in [0.15, 0.2) is 0 Å². The van der Waals surface area contributed by atoms with Crippen molar-refractivity contribution in [3.05, 3.63) is 24.8 Å². The Morgan fingerprint density at radius 2 is 2.33 bits per heavy atom. The third kappa shape index (κ3) is 3.44. The van der Waals surface area contributed by atoms with Gasteiger partial charge in [0.2, 0.25) is 0 Å². The number of rotatable bonds is 2. The lowest BCUT2D eigenvalue weighted by Crippen LogP contribution is -1.91. The molecule has 1 heteroatoms. The first-order valence-corrected chi connectivity index (χ1v) is 1.89. The van der Waals surface area contributed by atoms with E-state index in [9.17, 15) is 0 Å². The first kappa shape index (κ1) is 5.44. The van der Waals surface area contributed by atoms with Crippen LogP contribution >= 0.6 is 0 Å². The highest BCUT2D eigenvalue weighted by Gasteiger charge is 1.54. The minimum Gasteiger partial charge on any atom is -0.327 e. The van der Waals surface area contributed by atoms with E-state index in [1.54, 1.807) is 6.08 Å². The van der Waals surface area contributed by atoms with Gasteiger partial charge in [-0.1, -0.05) is 24.8 Å². The van der Waals surface area contributed by atoms with E-state index in [-0.39, 0.29) is 0 Å². The fraction of sp³-hybridized carbons (Fsp3) is 0.200. The first-order valence-electron chi connectivity index (χ1n) is 1.89. The van der Waals surface area contributed by atoms with Crippen LogP contribution in [0.2, 0.25) is 0 Å². The smallest absolute Gasteiger partial charge is 0.0109 e. The molecule has 2 N–H and O–H groups in total. The Labute approximate surface area is 38.2 Å². The van der Waals surface area contributed by atoms with Crippen LogP contribution in [0.5, 0.6) is 0 Å². The van der Waals surface area contributed by atoms with Crippen molar-refractivity contribution < 1.29 is 0 Å². The summed E-state index contributed by atoms with van der Waals surface area (Å²) in [6.07, 6.45) is 5.36. The minimum absolute atomic E-state index is 0.603. The summed E-state index contributed by atoms with van der Waals surface area (Å²) in [6.45, 7) is 4.06. The zero-order chi connectivity index (χ0) is 4.83. The summed E-state index contributed by atoms with van der Waals surface area (Å²) in [7, 11) is 0. The van der Waals surface area contributed by atoms with Crippen molar-refractivity contribution in [3.8, 4) is 0 Å². The molecule has 0 heterocycles. The molecule has 0 aromatic rings.